The Morgan fingerprint density at radius 1 is 1.00 bits per heavy atom. The summed E-state index contributed by atoms with van der Waals surface area (Å²) < 4.78 is 25.6. The number of sulfonamides is 1. The molecule has 4 nitrogen and oxygen atoms in total. The topological polar surface area (TPSA) is 49.4 Å². The molecule has 0 fully saturated rings. The third-order valence-corrected chi connectivity index (χ3v) is 5.44. The molecule has 0 radical (unpaired) electrons. The third-order valence-electron chi connectivity index (χ3n) is 3.63. The molecule has 0 aromatic heterocycles. The van der Waals surface area contributed by atoms with Crippen molar-refractivity contribution in [2.45, 2.75) is 25.3 Å². The number of anilines is 1. The molecule has 0 amide bonds. The zero-order valence-electron chi connectivity index (χ0n) is 13.4. The lowest BCUT2D eigenvalue weighted by Gasteiger charge is -2.14. The van der Waals surface area contributed by atoms with E-state index in [-0.39, 0.29) is 0 Å². The lowest BCUT2D eigenvalue weighted by atomic mass is 10.1. The van der Waals surface area contributed by atoms with E-state index in [0.29, 0.717) is 11.4 Å². The third kappa shape index (κ3) is 3.48. The smallest absolute Gasteiger partial charge is 0.242 e. The largest absolute Gasteiger partial charge is 0.381 e. The van der Waals surface area contributed by atoms with Gasteiger partial charge in [-0.25, -0.2) is 12.7 Å². The molecule has 0 unspecified atom stereocenters. The number of benzene rings is 2. The maximum Gasteiger partial charge on any atom is 0.242 e. The minimum atomic E-state index is -3.39. The fourth-order valence-corrected chi connectivity index (χ4v) is 3.28. The lowest BCUT2D eigenvalue weighted by Crippen LogP contribution is -2.22. The summed E-state index contributed by atoms with van der Waals surface area (Å²) in [4.78, 5) is 0.318. The molecule has 2 rings (SSSR count). The zero-order valence-corrected chi connectivity index (χ0v) is 14.2. The van der Waals surface area contributed by atoms with Crippen molar-refractivity contribution in [1.82, 2.24) is 4.31 Å². The Bertz CT molecular complexity index is 748. The van der Waals surface area contributed by atoms with E-state index in [0.717, 1.165) is 11.3 Å². The summed E-state index contributed by atoms with van der Waals surface area (Å²) in [6.07, 6.45) is 0. The van der Waals surface area contributed by atoms with Gasteiger partial charge in [0, 0.05) is 26.3 Å². The van der Waals surface area contributed by atoms with E-state index in [1.54, 1.807) is 18.2 Å². The van der Waals surface area contributed by atoms with Gasteiger partial charge < -0.3 is 5.32 Å². The predicted molar refractivity (Wildman–Crippen MR) is 90.6 cm³/mol. The van der Waals surface area contributed by atoms with Crippen LogP contribution in [0.3, 0.4) is 0 Å². The average Bonchev–Trinajstić information content (AvgIpc) is 2.47. The summed E-state index contributed by atoms with van der Waals surface area (Å²) in [6, 6.07) is 13.2. The number of para-hydroxylation sites is 1. The molecule has 118 valence electrons. The van der Waals surface area contributed by atoms with Crippen LogP contribution in [0.5, 0.6) is 0 Å². The first-order valence-electron chi connectivity index (χ1n) is 7.14. The standard InChI is InChI=1S/C17H22N2O2S/c1-13-7-5-8-14(2)17(13)18-12-15-9-6-10-16(11-15)22(20,21)19(3)4/h5-11,18H,12H2,1-4H3. The van der Waals surface area contributed by atoms with Gasteiger partial charge in [-0.05, 0) is 42.7 Å². The van der Waals surface area contributed by atoms with Gasteiger partial charge in [0.1, 0.15) is 0 Å². The minimum Gasteiger partial charge on any atom is -0.381 e. The Hall–Kier alpha value is -1.85. The molecule has 22 heavy (non-hydrogen) atoms. The molecule has 5 heteroatoms. The second-order valence-corrected chi connectivity index (χ2v) is 7.71. The molecule has 0 aliphatic carbocycles. The molecule has 1 N–H and O–H groups in total. The Morgan fingerprint density at radius 2 is 1.59 bits per heavy atom. The first-order chi connectivity index (χ1) is 10.3. The van der Waals surface area contributed by atoms with Crippen LogP contribution < -0.4 is 5.32 Å². The van der Waals surface area contributed by atoms with Crippen LogP contribution in [0.4, 0.5) is 5.69 Å². The number of rotatable bonds is 5. The number of nitrogens with zero attached hydrogens (tertiary/aromatic N) is 1. The van der Waals surface area contributed by atoms with Gasteiger partial charge in [0.05, 0.1) is 4.90 Å². The molecule has 2 aromatic carbocycles. The Kier molecular flexibility index (Phi) is 4.88. The second kappa shape index (κ2) is 6.50. The number of aryl methyl sites for hydroxylation is 2. The molecular formula is C17H22N2O2S. The fourth-order valence-electron chi connectivity index (χ4n) is 2.31. The van der Waals surface area contributed by atoms with E-state index in [1.807, 2.05) is 12.1 Å². The normalized spacial score (nSPS) is 11.7. The van der Waals surface area contributed by atoms with Crippen LogP contribution in [-0.2, 0) is 16.6 Å². The van der Waals surface area contributed by atoms with Crippen molar-refractivity contribution in [2.75, 3.05) is 19.4 Å². The maximum absolute atomic E-state index is 12.2. The van der Waals surface area contributed by atoms with Gasteiger partial charge in [0.15, 0.2) is 0 Å². The van der Waals surface area contributed by atoms with E-state index in [2.05, 4.69) is 31.3 Å². The molecule has 2 aromatic rings. The summed E-state index contributed by atoms with van der Waals surface area (Å²) in [7, 11) is -0.316. The monoisotopic (exact) mass is 318 g/mol. The van der Waals surface area contributed by atoms with Crippen LogP contribution in [0, 0.1) is 13.8 Å². The first-order valence-corrected chi connectivity index (χ1v) is 8.58. The van der Waals surface area contributed by atoms with E-state index in [1.165, 1.54) is 29.5 Å². The van der Waals surface area contributed by atoms with Gasteiger partial charge in [-0.1, -0.05) is 30.3 Å². The Labute approximate surface area is 132 Å². The highest BCUT2D eigenvalue weighted by molar-refractivity contribution is 7.89. The highest BCUT2D eigenvalue weighted by atomic mass is 32.2. The van der Waals surface area contributed by atoms with Gasteiger partial charge in [-0.15, -0.1) is 0 Å². The van der Waals surface area contributed by atoms with Crippen LogP contribution in [0.2, 0.25) is 0 Å². The number of nitrogens with one attached hydrogen (secondary N) is 1. The number of hydrogen-bond donors (Lipinski definition) is 1. The fraction of sp³-hybridized carbons (Fsp3) is 0.294. The van der Waals surface area contributed by atoms with Gasteiger partial charge in [0.25, 0.3) is 0 Å². The van der Waals surface area contributed by atoms with Crippen molar-refractivity contribution in [3.8, 4) is 0 Å². The number of hydrogen-bond acceptors (Lipinski definition) is 3. The first kappa shape index (κ1) is 16.5. The highest BCUT2D eigenvalue weighted by Crippen LogP contribution is 2.21. The van der Waals surface area contributed by atoms with E-state index < -0.39 is 10.0 Å². The second-order valence-electron chi connectivity index (χ2n) is 5.56. The SMILES string of the molecule is Cc1cccc(C)c1NCc1cccc(S(=O)(=O)N(C)C)c1. The molecule has 0 heterocycles. The van der Waals surface area contributed by atoms with Crippen LogP contribution >= 0.6 is 0 Å². The predicted octanol–water partition coefficient (Wildman–Crippen LogP) is 3.17. The van der Waals surface area contributed by atoms with E-state index in [9.17, 15) is 8.42 Å². The van der Waals surface area contributed by atoms with Crippen molar-refractivity contribution in [3.63, 3.8) is 0 Å². The van der Waals surface area contributed by atoms with Gasteiger partial charge in [-0.3, -0.25) is 0 Å². The van der Waals surface area contributed by atoms with Crippen LogP contribution in [0.25, 0.3) is 0 Å². The van der Waals surface area contributed by atoms with Crippen molar-refractivity contribution < 1.29 is 8.42 Å². The Morgan fingerprint density at radius 3 is 2.18 bits per heavy atom. The van der Waals surface area contributed by atoms with Crippen molar-refractivity contribution >= 4 is 15.7 Å². The van der Waals surface area contributed by atoms with Gasteiger partial charge >= 0.3 is 0 Å². The summed E-state index contributed by atoms with van der Waals surface area (Å²) in [5.74, 6) is 0. The zero-order chi connectivity index (χ0) is 16.3. The van der Waals surface area contributed by atoms with E-state index in [4.69, 9.17) is 0 Å². The van der Waals surface area contributed by atoms with Crippen molar-refractivity contribution in [3.05, 3.63) is 59.2 Å². The summed E-state index contributed by atoms with van der Waals surface area (Å²) >= 11 is 0. The van der Waals surface area contributed by atoms with E-state index >= 15 is 0 Å². The van der Waals surface area contributed by atoms with Gasteiger partial charge in [-0.2, -0.15) is 0 Å². The average molecular weight is 318 g/mol. The highest BCUT2D eigenvalue weighted by Gasteiger charge is 2.17. The molecular weight excluding hydrogens is 296 g/mol. The molecule has 0 saturated carbocycles. The van der Waals surface area contributed by atoms with Crippen LogP contribution in [0.1, 0.15) is 16.7 Å². The molecule has 0 bridgehead atoms. The lowest BCUT2D eigenvalue weighted by molar-refractivity contribution is 0.520. The molecule has 0 aliphatic rings. The molecule has 0 spiro atoms. The summed E-state index contributed by atoms with van der Waals surface area (Å²) in [6.45, 7) is 4.70. The molecule has 0 aliphatic heterocycles. The minimum absolute atomic E-state index is 0.318. The van der Waals surface area contributed by atoms with Crippen LogP contribution in [-0.4, -0.2) is 26.8 Å². The molecule has 0 atom stereocenters. The molecule has 0 saturated heterocycles. The Balaban J connectivity index is 2.22. The quantitative estimate of drug-likeness (QED) is 0.921. The van der Waals surface area contributed by atoms with Crippen molar-refractivity contribution in [1.29, 1.82) is 0 Å². The van der Waals surface area contributed by atoms with Crippen LogP contribution in [0.15, 0.2) is 47.4 Å². The maximum atomic E-state index is 12.2. The van der Waals surface area contributed by atoms with Gasteiger partial charge in [0.2, 0.25) is 10.0 Å². The summed E-state index contributed by atoms with van der Waals surface area (Å²) in [5.41, 5.74) is 4.39. The summed E-state index contributed by atoms with van der Waals surface area (Å²) in [5, 5.41) is 3.40. The van der Waals surface area contributed by atoms with Crippen molar-refractivity contribution in [2.24, 2.45) is 0 Å².